The first-order valence-electron chi connectivity index (χ1n) is 3.75. The fourth-order valence-corrected chi connectivity index (χ4v) is 1.69. The van der Waals surface area contributed by atoms with E-state index in [4.69, 9.17) is 22.1 Å². The summed E-state index contributed by atoms with van der Waals surface area (Å²) in [6, 6.07) is 3.82. The number of nitriles is 2. The molecule has 0 saturated heterocycles. The van der Waals surface area contributed by atoms with E-state index in [0.29, 0.717) is 11.5 Å². The first-order chi connectivity index (χ1) is 6.70. The minimum atomic E-state index is 0.186. The summed E-state index contributed by atoms with van der Waals surface area (Å²) in [6.07, 6.45) is 0. The monoisotopic (exact) mass is 205 g/mol. The average Bonchev–Trinajstić information content (AvgIpc) is 2.66. The van der Waals surface area contributed by atoms with Crippen LogP contribution in [-0.2, 0) is 0 Å². The van der Waals surface area contributed by atoms with Crippen LogP contribution in [0.3, 0.4) is 0 Å². The third kappa shape index (κ3) is 0.847. The first-order valence-corrected chi connectivity index (χ1v) is 4.13. The number of fused-ring (bicyclic) bond motifs is 1. The number of nitrogens with zero attached hydrogens (tertiary/aromatic N) is 4. The van der Waals surface area contributed by atoms with Gasteiger partial charge in [-0.2, -0.15) is 15.6 Å². The molecule has 0 bridgehead atoms. The predicted octanol–water partition coefficient (Wildman–Crippen LogP) is 1.37. The molecule has 1 N–H and O–H groups in total. The van der Waals surface area contributed by atoms with Gasteiger partial charge in [-0.15, -0.1) is 0 Å². The van der Waals surface area contributed by atoms with E-state index in [9.17, 15) is 0 Å². The molecule has 0 fully saturated rings. The van der Waals surface area contributed by atoms with E-state index >= 15 is 0 Å². The van der Waals surface area contributed by atoms with Crippen LogP contribution in [-0.4, -0.2) is 14.6 Å². The number of rotatable bonds is 0. The highest BCUT2D eigenvalue weighted by atomic mass is 35.5. The summed E-state index contributed by atoms with van der Waals surface area (Å²) in [6.45, 7) is 1.73. The van der Waals surface area contributed by atoms with Gasteiger partial charge in [0.2, 0.25) is 0 Å². The number of aryl methyl sites for hydroxylation is 1. The third-order valence-corrected chi connectivity index (χ3v) is 2.34. The molecule has 2 aromatic rings. The number of hydrogen-bond donors (Lipinski definition) is 1. The standard InChI is InChI=1S/C8H4ClN5/c1-4-12-13-8-6(3-11)5(2-10)7(9)14(4)8/h13H,1H3. The predicted molar refractivity (Wildman–Crippen MR) is 48.7 cm³/mol. The zero-order chi connectivity index (χ0) is 10.3. The summed E-state index contributed by atoms with van der Waals surface area (Å²) in [5, 5.41) is 24.4. The maximum absolute atomic E-state index is 8.85. The van der Waals surface area contributed by atoms with Crippen molar-refractivity contribution in [1.82, 2.24) is 14.6 Å². The first kappa shape index (κ1) is 8.61. The van der Waals surface area contributed by atoms with Crippen LogP contribution in [0, 0.1) is 29.6 Å². The van der Waals surface area contributed by atoms with E-state index in [1.165, 1.54) is 0 Å². The molecule has 5 nitrogen and oxygen atoms in total. The van der Waals surface area contributed by atoms with Crippen LogP contribution in [0.4, 0.5) is 0 Å². The molecule has 0 radical (unpaired) electrons. The van der Waals surface area contributed by atoms with Crippen molar-refractivity contribution in [2.24, 2.45) is 0 Å². The highest BCUT2D eigenvalue weighted by Gasteiger charge is 2.19. The quantitative estimate of drug-likeness (QED) is 0.705. The number of hydrogen-bond acceptors (Lipinski definition) is 3. The molecule has 0 aliphatic carbocycles. The van der Waals surface area contributed by atoms with E-state index in [1.54, 1.807) is 11.3 Å². The van der Waals surface area contributed by atoms with Crippen molar-refractivity contribution in [3.63, 3.8) is 0 Å². The number of nitrogens with one attached hydrogen (secondary N) is 1. The van der Waals surface area contributed by atoms with E-state index in [0.717, 1.165) is 0 Å². The summed E-state index contributed by atoms with van der Waals surface area (Å²) >= 11 is 5.92. The van der Waals surface area contributed by atoms with Crippen LogP contribution in [0.5, 0.6) is 0 Å². The molecule has 68 valence electrons. The number of H-pyrrole nitrogens is 1. The van der Waals surface area contributed by atoms with Crippen LogP contribution in [0.2, 0.25) is 5.15 Å². The van der Waals surface area contributed by atoms with E-state index in [2.05, 4.69) is 10.2 Å². The van der Waals surface area contributed by atoms with E-state index < -0.39 is 0 Å². The second-order valence-corrected chi connectivity index (χ2v) is 3.08. The fraction of sp³-hybridized carbons (Fsp3) is 0.125. The lowest BCUT2D eigenvalue weighted by molar-refractivity contribution is 1.01. The molecule has 2 aromatic heterocycles. The van der Waals surface area contributed by atoms with E-state index in [-0.39, 0.29) is 16.3 Å². The van der Waals surface area contributed by atoms with Crippen LogP contribution in [0.15, 0.2) is 0 Å². The van der Waals surface area contributed by atoms with Gasteiger partial charge in [0, 0.05) is 0 Å². The molecule has 0 saturated carbocycles. The topological polar surface area (TPSA) is 80.7 Å². The fourth-order valence-electron chi connectivity index (χ4n) is 1.35. The largest absolute Gasteiger partial charge is 0.269 e. The highest BCUT2D eigenvalue weighted by molar-refractivity contribution is 6.31. The van der Waals surface area contributed by atoms with Crippen molar-refractivity contribution in [1.29, 1.82) is 10.5 Å². The Morgan fingerprint density at radius 2 is 2.00 bits per heavy atom. The van der Waals surface area contributed by atoms with Gasteiger partial charge >= 0.3 is 0 Å². The number of aromatic nitrogens is 3. The zero-order valence-corrected chi connectivity index (χ0v) is 7.92. The van der Waals surface area contributed by atoms with Gasteiger partial charge in [0.15, 0.2) is 5.65 Å². The molecular weight excluding hydrogens is 202 g/mol. The van der Waals surface area contributed by atoms with Gasteiger partial charge in [0.1, 0.15) is 34.2 Å². The Morgan fingerprint density at radius 1 is 1.36 bits per heavy atom. The van der Waals surface area contributed by atoms with Gasteiger partial charge < -0.3 is 0 Å². The van der Waals surface area contributed by atoms with Crippen LogP contribution < -0.4 is 0 Å². The average molecular weight is 206 g/mol. The van der Waals surface area contributed by atoms with Gasteiger partial charge in [-0.1, -0.05) is 11.6 Å². The van der Waals surface area contributed by atoms with Crippen molar-refractivity contribution in [3.05, 3.63) is 22.1 Å². The van der Waals surface area contributed by atoms with Gasteiger partial charge in [-0.05, 0) is 6.92 Å². The third-order valence-electron chi connectivity index (χ3n) is 1.98. The second kappa shape index (κ2) is 2.76. The molecule has 0 amide bonds. The molecule has 0 aliphatic rings. The molecule has 0 spiro atoms. The number of aromatic amines is 1. The smallest absolute Gasteiger partial charge is 0.153 e. The van der Waals surface area contributed by atoms with Crippen molar-refractivity contribution in [2.75, 3.05) is 0 Å². The molecule has 0 unspecified atom stereocenters. The lowest BCUT2D eigenvalue weighted by Crippen LogP contribution is -1.84. The Hall–Kier alpha value is -1.98. The van der Waals surface area contributed by atoms with Gasteiger partial charge in [0.25, 0.3) is 0 Å². The van der Waals surface area contributed by atoms with Crippen LogP contribution in [0.1, 0.15) is 17.0 Å². The SMILES string of the molecule is Cc1n[nH]c2c(C#N)c(C#N)c(Cl)n12. The summed E-state index contributed by atoms with van der Waals surface area (Å²) in [5.74, 6) is 0.614. The zero-order valence-electron chi connectivity index (χ0n) is 7.17. The normalized spacial score (nSPS) is 10.0. The molecule has 2 heterocycles. The van der Waals surface area contributed by atoms with Crippen molar-refractivity contribution in [3.8, 4) is 12.1 Å². The lowest BCUT2D eigenvalue weighted by atomic mass is 10.2. The van der Waals surface area contributed by atoms with Crippen LogP contribution in [0.25, 0.3) is 5.65 Å². The van der Waals surface area contributed by atoms with Gasteiger partial charge in [0.05, 0.1) is 0 Å². The Morgan fingerprint density at radius 3 is 2.57 bits per heavy atom. The molecule has 2 rings (SSSR count). The molecular formula is C8H4ClN5. The summed E-state index contributed by atoms with van der Waals surface area (Å²) in [4.78, 5) is 0. The second-order valence-electron chi connectivity index (χ2n) is 2.72. The number of halogens is 1. The maximum Gasteiger partial charge on any atom is 0.153 e. The van der Waals surface area contributed by atoms with Crippen molar-refractivity contribution in [2.45, 2.75) is 6.92 Å². The molecule has 14 heavy (non-hydrogen) atoms. The lowest BCUT2D eigenvalue weighted by Gasteiger charge is -1.88. The van der Waals surface area contributed by atoms with Gasteiger partial charge in [-0.3, -0.25) is 9.50 Å². The van der Waals surface area contributed by atoms with Crippen molar-refractivity contribution < 1.29 is 0 Å². The Labute approximate surface area is 84.1 Å². The molecule has 0 aliphatic heterocycles. The Kier molecular flexibility index (Phi) is 1.70. The molecule has 0 aromatic carbocycles. The van der Waals surface area contributed by atoms with E-state index in [1.807, 2.05) is 12.1 Å². The van der Waals surface area contributed by atoms with Crippen LogP contribution >= 0.6 is 11.6 Å². The maximum atomic E-state index is 8.85. The van der Waals surface area contributed by atoms with Crippen molar-refractivity contribution >= 4 is 17.2 Å². The highest BCUT2D eigenvalue weighted by Crippen LogP contribution is 2.26. The summed E-state index contributed by atoms with van der Waals surface area (Å²) in [7, 11) is 0. The minimum Gasteiger partial charge on any atom is -0.269 e. The molecule has 6 heteroatoms. The Bertz CT molecular complexity index is 592. The Balaban J connectivity index is 3.04. The molecule has 0 atom stereocenters. The summed E-state index contributed by atoms with van der Waals surface area (Å²) in [5.41, 5.74) is 0.885. The minimum absolute atomic E-state index is 0.186. The van der Waals surface area contributed by atoms with Gasteiger partial charge in [-0.25, -0.2) is 0 Å². The summed E-state index contributed by atoms with van der Waals surface area (Å²) < 4.78 is 1.54.